The van der Waals surface area contributed by atoms with Gasteiger partial charge in [0.1, 0.15) is 5.82 Å². The van der Waals surface area contributed by atoms with Gasteiger partial charge in [-0.15, -0.1) is 0 Å². The second-order valence-electron chi connectivity index (χ2n) is 5.18. The Morgan fingerprint density at radius 2 is 1.60 bits per heavy atom. The molecule has 2 aromatic carbocycles. The zero-order chi connectivity index (χ0) is 15.0. The fourth-order valence-corrected chi connectivity index (χ4v) is 3.93. The van der Waals surface area contributed by atoms with Gasteiger partial charge in [0.25, 0.3) is 0 Å². The summed E-state index contributed by atoms with van der Waals surface area (Å²) < 4.78 is 13.7. The second kappa shape index (κ2) is 5.87. The lowest BCUT2D eigenvalue weighted by atomic mass is 9.90. The first-order valence-corrected chi connectivity index (χ1v) is 7.79. The zero-order valence-corrected chi connectivity index (χ0v) is 14.4. The van der Waals surface area contributed by atoms with E-state index in [2.05, 4.69) is 49.7 Å². The third kappa shape index (κ3) is 2.64. The van der Waals surface area contributed by atoms with Crippen LogP contribution in [0.3, 0.4) is 0 Å². The van der Waals surface area contributed by atoms with E-state index in [-0.39, 0.29) is 15.7 Å². The van der Waals surface area contributed by atoms with Crippen LogP contribution >= 0.6 is 27.5 Å². The van der Waals surface area contributed by atoms with Gasteiger partial charge >= 0.3 is 0 Å². The minimum absolute atomic E-state index is 0.107. The number of halogens is 3. The largest absolute Gasteiger partial charge is 0.205 e. The lowest BCUT2D eigenvalue weighted by molar-refractivity contribution is 0.626. The van der Waals surface area contributed by atoms with Crippen molar-refractivity contribution in [3.63, 3.8) is 0 Å². The Morgan fingerprint density at radius 1 is 1.05 bits per heavy atom. The van der Waals surface area contributed by atoms with E-state index in [1.807, 2.05) is 6.07 Å². The Hall–Kier alpha value is -0.860. The van der Waals surface area contributed by atoms with E-state index < -0.39 is 0 Å². The monoisotopic (exact) mass is 354 g/mol. The predicted molar refractivity (Wildman–Crippen MR) is 87.6 cm³/mol. The smallest absolute Gasteiger partial charge is 0.142 e. The molecular weight excluding hydrogens is 339 g/mol. The topological polar surface area (TPSA) is 0 Å². The fraction of sp³-hybridized carbons (Fsp3) is 0.294. The molecule has 0 aliphatic rings. The van der Waals surface area contributed by atoms with Crippen molar-refractivity contribution in [1.82, 2.24) is 0 Å². The summed E-state index contributed by atoms with van der Waals surface area (Å²) in [5, 5.41) is 0.187. The summed E-state index contributed by atoms with van der Waals surface area (Å²) in [6.45, 7) is 8.38. The molecule has 2 rings (SSSR count). The molecule has 106 valence electrons. The maximum absolute atomic E-state index is 13.7. The van der Waals surface area contributed by atoms with Crippen LogP contribution in [0.5, 0.6) is 0 Å². The second-order valence-corrected chi connectivity index (χ2v) is 6.47. The van der Waals surface area contributed by atoms with Gasteiger partial charge < -0.3 is 0 Å². The molecule has 0 aliphatic carbocycles. The predicted octanol–water partition coefficient (Wildman–Crippen LogP) is 6.20. The first kappa shape index (κ1) is 15.5. The number of benzene rings is 2. The molecule has 2 aromatic rings. The molecule has 0 saturated carbocycles. The van der Waals surface area contributed by atoms with Crippen molar-refractivity contribution in [1.29, 1.82) is 0 Å². The molecule has 0 nitrogen and oxygen atoms in total. The van der Waals surface area contributed by atoms with Crippen LogP contribution in [0.4, 0.5) is 4.39 Å². The van der Waals surface area contributed by atoms with Gasteiger partial charge in [-0.1, -0.05) is 45.7 Å². The van der Waals surface area contributed by atoms with Gasteiger partial charge in [-0.25, -0.2) is 4.39 Å². The van der Waals surface area contributed by atoms with Gasteiger partial charge in [0, 0.05) is 0 Å². The summed E-state index contributed by atoms with van der Waals surface area (Å²) in [6.07, 6.45) is 0. The Morgan fingerprint density at radius 3 is 2.15 bits per heavy atom. The van der Waals surface area contributed by atoms with Crippen molar-refractivity contribution < 1.29 is 4.39 Å². The first-order chi connectivity index (χ1) is 9.34. The van der Waals surface area contributed by atoms with Crippen molar-refractivity contribution in [3.05, 3.63) is 68.5 Å². The van der Waals surface area contributed by atoms with Crippen LogP contribution in [0.15, 0.2) is 24.3 Å². The molecular formula is C17H17BrClF. The molecule has 1 unspecified atom stereocenters. The van der Waals surface area contributed by atoms with Crippen LogP contribution < -0.4 is 0 Å². The van der Waals surface area contributed by atoms with Crippen molar-refractivity contribution in [2.45, 2.75) is 32.5 Å². The highest BCUT2D eigenvalue weighted by atomic mass is 79.9. The van der Waals surface area contributed by atoms with Crippen LogP contribution in [0, 0.1) is 33.5 Å². The highest BCUT2D eigenvalue weighted by Gasteiger charge is 2.21. The van der Waals surface area contributed by atoms with E-state index in [0.29, 0.717) is 0 Å². The van der Waals surface area contributed by atoms with Crippen LogP contribution in [-0.4, -0.2) is 0 Å². The lowest BCUT2D eigenvalue weighted by Gasteiger charge is -2.21. The quantitative estimate of drug-likeness (QED) is 0.563. The van der Waals surface area contributed by atoms with E-state index in [0.717, 1.165) is 5.56 Å². The van der Waals surface area contributed by atoms with Gasteiger partial charge in [-0.3, -0.25) is 0 Å². The highest BCUT2D eigenvalue weighted by molar-refractivity contribution is 9.09. The van der Waals surface area contributed by atoms with Crippen LogP contribution in [0.25, 0.3) is 0 Å². The minimum atomic E-state index is -0.381. The Balaban J connectivity index is 2.65. The SMILES string of the molecule is Cc1cc(C)c(C)c(C(Br)c2cccc(F)c2Cl)c1C. The number of hydrogen-bond acceptors (Lipinski definition) is 0. The molecule has 0 aromatic heterocycles. The molecule has 0 bridgehead atoms. The minimum Gasteiger partial charge on any atom is -0.205 e. The van der Waals surface area contributed by atoms with Gasteiger partial charge in [-0.05, 0) is 67.1 Å². The van der Waals surface area contributed by atoms with Crippen molar-refractivity contribution in [2.75, 3.05) is 0 Å². The highest BCUT2D eigenvalue weighted by Crippen LogP contribution is 2.40. The Labute approximate surface area is 133 Å². The third-order valence-electron chi connectivity index (χ3n) is 3.93. The molecule has 0 N–H and O–H groups in total. The van der Waals surface area contributed by atoms with Crippen LogP contribution in [0.1, 0.15) is 38.2 Å². The van der Waals surface area contributed by atoms with E-state index in [1.165, 1.54) is 33.9 Å². The zero-order valence-electron chi connectivity index (χ0n) is 12.0. The molecule has 0 fully saturated rings. The molecule has 0 saturated heterocycles. The van der Waals surface area contributed by atoms with Gasteiger partial charge in [0.05, 0.1) is 9.85 Å². The van der Waals surface area contributed by atoms with E-state index in [1.54, 1.807) is 6.07 Å². The molecule has 0 amide bonds. The lowest BCUT2D eigenvalue weighted by Crippen LogP contribution is -2.04. The Bertz CT molecular complexity index is 638. The maximum atomic E-state index is 13.7. The number of hydrogen-bond donors (Lipinski definition) is 0. The van der Waals surface area contributed by atoms with Gasteiger partial charge in [0.2, 0.25) is 0 Å². The average molecular weight is 356 g/mol. The summed E-state index contributed by atoms with van der Waals surface area (Å²) in [5.41, 5.74) is 6.85. The number of rotatable bonds is 2. The number of aryl methyl sites for hydroxylation is 2. The van der Waals surface area contributed by atoms with Crippen LogP contribution in [0.2, 0.25) is 5.02 Å². The molecule has 0 aliphatic heterocycles. The van der Waals surface area contributed by atoms with Gasteiger partial charge in [-0.2, -0.15) is 0 Å². The van der Waals surface area contributed by atoms with Crippen molar-refractivity contribution in [3.8, 4) is 0 Å². The Kier molecular flexibility index (Phi) is 4.55. The maximum Gasteiger partial charge on any atom is 0.142 e. The number of alkyl halides is 1. The summed E-state index contributed by atoms with van der Waals surface area (Å²) in [4.78, 5) is -0.107. The third-order valence-corrected chi connectivity index (χ3v) is 5.28. The molecule has 0 heterocycles. The first-order valence-electron chi connectivity index (χ1n) is 6.49. The molecule has 1 atom stereocenters. The van der Waals surface area contributed by atoms with E-state index in [9.17, 15) is 4.39 Å². The average Bonchev–Trinajstić information content (AvgIpc) is 2.40. The molecule has 20 heavy (non-hydrogen) atoms. The van der Waals surface area contributed by atoms with E-state index in [4.69, 9.17) is 11.6 Å². The summed E-state index contributed by atoms with van der Waals surface area (Å²) in [5.74, 6) is -0.381. The summed E-state index contributed by atoms with van der Waals surface area (Å²) in [6, 6.07) is 7.12. The molecule has 3 heteroatoms. The molecule has 0 radical (unpaired) electrons. The summed E-state index contributed by atoms with van der Waals surface area (Å²) in [7, 11) is 0. The summed E-state index contributed by atoms with van der Waals surface area (Å²) >= 11 is 9.82. The van der Waals surface area contributed by atoms with E-state index >= 15 is 0 Å². The van der Waals surface area contributed by atoms with Crippen LogP contribution in [-0.2, 0) is 0 Å². The fourth-order valence-electron chi connectivity index (χ4n) is 2.50. The van der Waals surface area contributed by atoms with Gasteiger partial charge in [0.15, 0.2) is 0 Å². The molecule has 0 spiro atoms. The standard InChI is InChI=1S/C17H17BrClF/c1-9-8-10(2)12(4)15(11(9)3)16(18)13-6-5-7-14(20)17(13)19/h5-8,16H,1-4H3. The van der Waals surface area contributed by atoms with Crippen molar-refractivity contribution in [2.24, 2.45) is 0 Å². The van der Waals surface area contributed by atoms with Crippen molar-refractivity contribution >= 4 is 27.5 Å². The normalized spacial score (nSPS) is 12.6.